The summed E-state index contributed by atoms with van der Waals surface area (Å²) in [5, 5.41) is 64.2. The van der Waals surface area contributed by atoms with Crippen LogP contribution in [0.1, 0.15) is 19.8 Å². The molecule has 0 aromatic rings. The summed E-state index contributed by atoms with van der Waals surface area (Å²) in [4.78, 5) is 5.40. The predicted molar refractivity (Wildman–Crippen MR) is 108 cm³/mol. The Morgan fingerprint density at radius 1 is 0.533 bits per heavy atom. The fourth-order valence-electron chi connectivity index (χ4n) is 1.46. The van der Waals surface area contributed by atoms with Crippen LogP contribution in [0.4, 0.5) is 0 Å². The van der Waals surface area contributed by atoms with Gasteiger partial charge in [-0.15, -0.1) is 26.4 Å². The average molecular weight is 475 g/mol. The Bertz CT molecular complexity index is 209. The first-order valence-corrected chi connectivity index (χ1v) is 10.0. The summed E-state index contributed by atoms with van der Waals surface area (Å²) in [6.07, 6.45) is 1.86. The minimum absolute atomic E-state index is 0. The largest absolute Gasteiger partial charge is 4.00 e. The van der Waals surface area contributed by atoms with Crippen LogP contribution < -0.4 is 20.4 Å². The van der Waals surface area contributed by atoms with Crippen molar-refractivity contribution in [3.63, 3.8) is 0 Å². The third-order valence-electron chi connectivity index (χ3n) is 3.36. The minimum atomic E-state index is -0.0868. The van der Waals surface area contributed by atoms with E-state index in [0.717, 1.165) is 12.8 Å². The first kappa shape index (κ1) is 40.7. The van der Waals surface area contributed by atoms with Crippen molar-refractivity contribution in [1.29, 1.82) is 0 Å². The van der Waals surface area contributed by atoms with Gasteiger partial charge in [-0.2, -0.15) is 0 Å². The van der Waals surface area contributed by atoms with Crippen LogP contribution >= 0.6 is 0 Å². The number of unbranched alkanes of at least 4 members (excludes halogenated alkanes) is 1. The van der Waals surface area contributed by atoms with Gasteiger partial charge in [0.2, 0.25) is 0 Å². The van der Waals surface area contributed by atoms with E-state index in [9.17, 15) is 20.4 Å². The fourth-order valence-corrected chi connectivity index (χ4v) is 1.46. The number of nitrogens with zero attached hydrogens (tertiary/aromatic N) is 3. The summed E-state index contributed by atoms with van der Waals surface area (Å²) in [6, 6.07) is 0. The Balaban J connectivity index is -0.0000000929. The smallest absolute Gasteiger partial charge is 0.854 e. The molecule has 0 unspecified atom stereocenters. The van der Waals surface area contributed by atoms with Crippen LogP contribution in [0.25, 0.3) is 0 Å². The molecule has 0 aliphatic heterocycles. The number of hydrogen-bond donors (Lipinski definition) is 3. The summed E-state index contributed by atoms with van der Waals surface area (Å²) in [5.74, 6) is 0. The summed E-state index contributed by atoms with van der Waals surface area (Å²) >= 11 is 0. The molecule has 0 saturated carbocycles. The van der Waals surface area contributed by atoms with E-state index in [0.29, 0.717) is 39.3 Å². The van der Waals surface area contributed by atoms with Gasteiger partial charge >= 0.3 is 21.7 Å². The van der Waals surface area contributed by atoms with Crippen molar-refractivity contribution in [3.8, 4) is 0 Å². The van der Waals surface area contributed by atoms with Gasteiger partial charge in [-0.05, 0) is 40.8 Å². The minimum Gasteiger partial charge on any atom is -0.854 e. The Morgan fingerprint density at radius 2 is 0.800 bits per heavy atom. The normalized spacial score (nSPS) is 9.80. The van der Waals surface area contributed by atoms with E-state index in [1.165, 1.54) is 0 Å². The number of rotatable bonds is 14. The van der Waals surface area contributed by atoms with Crippen LogP contribution in [-0.4, -0.2) is 137 Å². The number of likely N-dealkylation sites (N-methyl/N-ethyl adjacent to an activating group) is 3. The van der Waals surface area contributed by atoms with E-state index in [1.807, 2.05) is 28.1 Å². The number of hydrogen-bond acceptors (Lipinski definition) is 10. The van der Waals surface area contributed by atoms with Crippen LogP contribution in [0.3, 0.4) is 0 Å². The van der Waals surface area contributed by atoms with E-state index < -0.39 is 0 Å². The number of aliphatic hydroxyl groups excluding tert-OH is 3. The monoisotopic (exact) mass is 475 g/mol. The predicted octanol–water partition coefficient (Wildman–Crippen LogP) is -5.04. The standard InChI is InChI=1S/3C5H12NO2.C4H9O.Ti/c3*1-6(2-4-7)3-5-8;1-2-3-4-5;/h3*7H,2-5H2,1H3;2-4H2,1H3;/q4*-1;+4. The molecule has 0 fully saturated rings. The average Bonchev–Trinajstić information content (AvgIpc) is 2.65. The van der Waals surface area contributed by atoms with Crippen molar-refractivity contribution in [1.82, 2.24) is 14.7 Å². The maximum Gasteiger partial charge on any atom is 4.00 e. The van der Waals surface area contributed by atoms with Crippen molar-refractivity contribution in [2.45, 2.75) is 19.8 Å². The van der Waals surface area contributed by atoms with Crippen molar-refractivity contribution in [2.24, 2.45) is 0 Å². The van der Waals surface area contributed by atoms with E-state index in [4.69, 9.17) is 15.3 Å². The molecule has 11 heteroatoms. The van der Waals surface area contributed by atoms with Gasteiger partial charge in [0.05, 0.1) is 19.8 Å². The maximum absolute atomic E-state index is 9.89. The molecule has 30 heavy (non-hydrogen) atoms. The molecular weight excluding hydrogens is 430 g/mol. The van der Waals surface area contributed by atoms with Gasteiger partial charge in [-0.1, -0.05) is 19.8 Å². The zero-order valence-electron chi connectivity index (χ0n) is 19.4. The van der Waals surface area contributed by atoms with Crippen molar-refractivity contribution in [2.75, 3.05) is 107 Å². The van der Waals surface area contributed by atoms with Crippen LogP contribution in [0.5, 0.6) is 0 Å². The van der Waals surface area contributed by atoms with Crippen LogP contribution in [0.15, 0.2) is 0 Å². The van der Waals surface area contributed by atoms with E-state index in [-0.39, 0.29) is 68.0 Å². The van der Waals surface area contributed by atoms with Crippen molar-refractivity contribution >= 4 is 0 Å². The Kier molecular flexibility index (Phi) is 53.9. The van der Waals surface area contributed by atoms with Gasteiger partial charge in [0, 0.05) is 19.6 Å². The molecule has 0 aliphatic carbocycles. The van der Waals surface area contributed by atoms with Gasteiger partial charge in [0.1, 0.15) is 0 Å². The van der Waals surface area contributed by atoms with Crippen molar-refractivity contribution < 1.29 is 57.5 Å². The van der Waals surface area contributed by atoms with Gasteiger partial charge in [0.25, 0.3) is 0 Å². The van der Waals surface area contributed by atoms with E-state index >= 15 is 0 Å². The molecule has 0 amide bonds. The SMILES string of the molecule is CCCC[O-].CN(CC[O-])CCO.CN(CC[O-])CCO.CN(CC[O-])CCO.[Ti+4]. The zero-order chi connectivity index (χ0) is 23.3. The van der Waals surface area contributed by atoms with E-state index in [1.54, 1.807) is 14.7 Å². The molecule has 3 N–H and O–H groups in total. The molecule has 0 radical (unpaired) electrons. The second-order valence-electron chi connectivity index (χ2n) is 6.25. The van der Waals surface area contributed by atoms with Crippen LogP contribution in [-0.2, 0) is 21.7 Å². The fraction of sp³-hybridized carbons (Fsp3) is 1.00. The molecule has 0 atom stereocenters. The third kappa shape index (κ3) is 51.2. The Hall–Kier alpha value is 0.314. The first-order chi connectivity index (χ1) is 13.8. The molecule has 0 bridgehead atoms. The Morgan fingerprint density at radius 3 is 0.900 bits per heavy atom. The third-order valence-corrected chi connectivity index (χ3v) is 3.36. The molecule has 0 heterocycles. The maximum atomic E-state index is 9.89. The summed E-state index contributed by atoms with van der Waals surface area (Å²) < 4.78 is 0. The molecule has 0 aromatic carbocycles. The number of aliphatic hydroxyl groups is 3. The zero-order valence-corrected chi connectivity index (χ0v) is 21.0. The van der Waals surface area contributed by atoms with Crippen molar-refractivity contribution in [3.05, 3.63) is 0 Å². The second kappa shape index (κ2) is 39.8. The second-order valence-corrected chi connectivity index (χ2v) is 6.25. The molecule has 0 aliphatic rings. The summed E-state index contributed by atoms with van der Waals surface area (Å²) in [6.45, 7) is 5.63. The van der Waals surface area contributed by atoms with Gasteiger partial charge in [0.15, 0.2) is 0 Å². The van der Waals surface area contributed by atoms with E-state index in [2.05, 4.69) is 0 Å². The summed E-state index contributed by atoms with van der Waals surface area (Å²) in [7, 11) is 5.44. The van der Waals surface area contributed by atoms with Gasteiger partial charge < -0.3 is 50.4 Å². The van der Waals surface area contributed by atoms with Gasteiger partial charge in [-0.3, -0.25) is 0 Å². The molecule has 0 rings (SSSR count). The summed E-state index contributed by atoms with van der Waals surface area (Å²) in [5.41, 5.74) is 0. The van der Waals surface area contributed by atoms with Crippen LogP contribution in [0, 0.1) is 0 Å². The van der Waals surface area contributed by atoms with Crippen LogP contribution in [0.2, 0.25) is 0 Å². The Labute approximate surface area is 198 Å². The topological polar surface area (TPSA) is 163 Å². The molecule has 10 nitrogen and oxygen atoms in total. The first-order valence-electron chi connectivity index (χ1n) is 10.0. The molecular formula is C19H45N3O7Ti. The quantitative estimate of drug-likeness (QED) is 0.207. The molecule has 182 valence electrons. The van der Waals surface area contributed by atoms with Gasteiger partial charge in [-0.25, -0.2) is 0 Å². The molecule has 0 aromatic heterocycles. The molecule has 0 saturated heterocycles. The molecule has 0 spiro atoms.